The molecule has 0 spiro atoms. The van der Waals surface area contributed by atoms with Crippen molar-refractivity contribution in [2.24, 2.45) is 18.2 Å². The van der Waals surface area contributed by atoms with Crippen LogP contribution in [-0.4, -0.2) is 28.5 Å². The summed E-state index contributed by atoms with van der Waals surface area (Å²) in [6, 6.07) is 1.51. The van der Waals surface area contributed by atoms with Crippen LogP contribution in [0.25, 0.3) is 0 Å². The number of hydrogen-bond acceptors (Lipinski definition) is 4. The minimum absolute atomic E-state index is 0.00239. The van der Waals surface area contributed by atoms with Crippen LogP contribution in [0.2, 0.25) is 0 Å². The predicted octanol–water partition coefficient (Wildman–Crippen LogP) is 1.22. The molecule has 0 unspecified atom stereocenters. The number of carbonyl (C=O) groups excluding carboxylic acids is 2. The zero-order valence-electron chi connectivity index (χ0n) is 14.1. The summed E-state index contributed by atoms with van der Waals surface area (Å²) in [7, 11) is 1.68. The zero-order chi connectivity index (χ0) is 18.2. The van der Waals surface area contributed by atoms with E-state index in [0.717, 1.165) is 30.2 Å². The lowest BCUT2D eigenvalue weighted by Crippen LogP contribution is -2.46. The van der Waals surface area contributed by atoms with Crippen LogP contribution in [-0.2, 0) is 16.6 Å². The lowest BCUT2D eigenvalue weighted by molar-refractivity contribution is -0.136. The number of ether oxygens (including phenoxy) is 1. The number of rotatable bonds is 5. The topological polar surface area (TPSA) is 103 Å². The number of amides is 2. The number of nitrogens with zero attached hydrogens (tertiary/aromatic N) is 1. The zero-order valence-corrected chi connectivity index (χ0v) is 15.7. The van der Waals surface area contributed by atoms with Gasteiger partial charge in [0.05, 0.1) is 10.6 Å². The lowest BCUT2D eigenvalue weighted by atomic mass is 9.92. The van der Waals surface area contributed by atoms with E-state index in [2.05, 4.69) is 21.2 Å². The standard InChI is InChI=1S/C17H22BrN3O4/c1-21-9-12(18)13(8-14(21)22)25-11-4-2-10(3-5-11)20-16(24)17(6-7-17)15(19)23/h8-11H,2-7H2,1H3,(H2,19,23)(H,20,24)/t10-,11-. The second kappa shape index (κ2) is 6.82. The van der Waals surface area contributed by atoms with Crippen LogP contribution in [0, 0.1) is 5.41 Å². The Bertz CT molecular complexity index is 749. The van der Waals surface area contributed by atoms with Crippen LogP contribution < -0.4 is 21.3 Å². The number of halogens is 1. The Morgan fingerprint density at radius 3 is 2.52 bits per heavy atom. The highest BCUT2D eigenvalue weighted by Crippen LogP contribution is 2.45. The van der Waals surface area contributed by atoms with Crippen molar-refractivity contribution in [2.45, 2.75) is 50.7 Å². The van der Waals surface area contributed by atoms with Gasteiger partial charge in [-0.1, -0.05) is 0 Å². The van der Waals surface area contributed by atoms with Crippen LogP contribution in [0.15, 0.2) is 21.5 Å². The van der Waals surface area contributed by atoms with Gasteiger partial charge in [-0.15, -0.1) is 0 Å². The maximum absolute atomic E-state index is 12.2. The molecular formula is C17H22BrN3O4. The molecule has 0 saturated heterocycles. The third kappa shape index (κ3) is 3.73. The van der Waals surface area contributed by atoms with Gasteiger partial charge in [0.25, 0.3) is 5.56 Å². The van der Waals surface area contributed by atoms with Gasteiger partial charge in [0.15, 0.2) is 0 Å². The third-order valence-electron chi connectivity index (χ3n) is 5.10. The van der Waals surface area contributed by atoms with E-state index in [0.29, 0.717) is 18.6 Å². The Kier molecular flexibility index (Phi) is 4.90. The minimum atomic E-state index is -0.970. The fourth-order valence-electron chi connectivity index (χ4n) is 3.21. The number of pyridine rings is 1. The second-order valence-electron chi connectivity index (χ2n) is 6.95. The molecule has 0 aromatic carbocycles. The number of aryl methyl sites for hydroxylation is 1. The van der Waals surface area contributed by atoms with Crippen molar-refractivity contribution in [2.75, 3.05) is 0 Å². The normalized spacial score (nSPS) is 24.4. The number of primary amides is 1. The van der Waals surface area contributed by atoms with Gasteiger partial charge in [0, 0.05) is 25.4 Å². The molecule has 25 heavy (non-hydrogen) atoms. The van der Waals surface area contributed by atoms with Crippen molar-refractivity contribution in [1.82, 2.24) is 9.88 Å². The second-order valence-corrected chi connectivity index (χ2v) is 7.80. The van der Waals surface area contributed by atoms with Crippen molar-refractivity contribution >= 4 is 27.7 Å². The minimum Gasteiger partial charge on any atom is -0.489 e. The quantitative estimate of drug-likeness (QED) is 0.710. The molecule has 2 fully saturated rings. The molecule has 2 aliphatic carbocycles. The van der Waals surface area contributed by atoms with Crippen LogP contribution >= 0.6 is 15.9 Å². The molecule has 2 amide bonds. The van der Waals surface area contributed by atoms with Crippen LogP contribution in [0.3, 0.4) is 0 Å². The predicted molar refractivity (Wildman–Crippen MR) is 95.1 cm³/mol. The third-order valence-corrected chi connectivity index (χ3v) is 5.70. The van der Waals surface area contributed by atoms with Gasteiger partial charge in [0.2, 0.25) is 11.8 Å². The molecule has 1 heterocycles. The van der Waals surface area contributed by atoms with E-state index in [1.807, 2.05) is 0 Å². The average molecular weight is 412 g/mol. The fourth-order valence-corrected chi connectivity index (χ4v) is 3.72. The molecule has 3 N–H and O–H groups in total. The number of nitrogens with two attached hydrogens (primary N) is 1. The molecule has 1 aromatic heterocycles. The molecule has 3 rings (SSSR count). The highest BCUT2D eigenvalue weighted by Gasteiger charge is 2.55. The SMILES string of the molecule is Cn1cc(Br)c(O[C@H]2CC[C@H](NC(=O)C3(C(N)=O)CC3)CC2)cc1=O. The van der Waals surface area contributed by atoms with Crippen molar-refractivity contribution in [3.8, 4) is 5.75 Å². The van der Waals surface area contributed by atoms with E-state index in [1.165, 1.54) is 10.6 Å². The first kappa shape index (κ1) is 18.0. The van der Waals surface area contributed by atoms with E-state index >= 15 is 0 Å². The number of nitrogens with one attached hydrogen (secondary N) is 1. The van der Waals surface area contributed by atoms with Gasteiger partial charge in [-0.05, 0) is 54.5 Å². The molecule has 0 bridgehead atoms. The van der Waals surface area contributed by atoms with E-state index in [1.54, 1.807) is 13.2 Å². The van der Waals surface area contributed by atoms with Gasteiger partial charge < -0.3 is 20.4 Å². The molecule has 1 aromatic rings. The van der Waals surface area contributed by atoms with E-state index in [4.69, 9.17) is 10.5 Å². The fraction of sp³-hybridized carbons (Fsp3) is 0.588. The summed E-state index contributed by atoms with van der Waals surface area (Å²) in [4.78, 5) is 35.4. The Morgan fingerprint density at radius 2 is 1.96 bits per heavy atom. The highest BCUT2D eigenvalue weighted by molar-refractivity contribution is 9.10. The first-order chi connectivity index (χ1) is 11.8. The Morgan fingerprint density at radius 1 is 1.32 bits per heavy atom. The molecule has 2 saturated carbocycles. The van der Waals surface area contributed by atoms with Gasteiger partial charge in [-0.25, -0.2) is 0 Å². The summed E-state index contributed by atoms with van der Waals surface area (Å²) >= 11 is 3.41. The first-order valence-corrected chi connectivity index (χ1v) is 9.25. The summed E-state index contributed by atoms with van der Waals surface area (Å²) in [5, 5.41) is 2.96. The maximum Gasteiger partial charge on any atom is 0.254 e. The molecular weight excluding hydrogens is 390 g/mol. The largest absolute Gasteiger partial charge is 0.489 e. The molecule has 0 aliphatic heterocycles. The molecule has 0 atom stereocenters. The van der Waals surface area contributed by atoms with Crippen molar-refractivity contribution in [3.05, 3.63) is 27.1 Å². The summed E-state index contributed by atoms with van der Waals surface area (Å²) in [5.41, 5.74) is 4.24. The van der Waals surface area contributed by atoms with Crippen molar-refractivity contribution in [1.29, 1.82) is 0 Å². The lowest BCUT2D eigenvalue weighted by Gasteiger charge is -2.30. The van der Waals surface area contributed by atoms with Gasteiger partial charge in [-0.3, -0.25) is 14.4 Å². The smallest absolute Gasteiger partial charge is 0.254 e. The monoisotopic (exact) mass is 411 g/mol. The Balaban J connectivity index is 1.53. The first-order valence-electron chi connectivity index (χ1n) is 8.45. The number of aromatic nitrogens is 1. The van der Waals surface area contributed by atoms with Crippen LogP contribution in [0.4, 0.5) is 0 Å². The number of hydrogen-bond donors (Lipinski definition) is 2. The Hall–Kier alpha value is -1.83. The average Bonchev–Trinajstić information content (AvgIpc) is 3.36. The highest BCUT2D eigenvalue weighted by atomic mass is 79.9. The summed E-state index contributed by atoms with van der Waals surface area (Å²) < 4.78 is 8.17. The van der Waals surface area contributed by atoms with Crippen LogP contribution in [0.1, 0.15) is 38.5 Å². The van der Waals surface area contributed by atoms with E-state index < -0.39 is 11.3 Å². The summed E-state index contributed by atoms with van der Waals surface area (Å²) in [5.74, 6) is -0.225. The van der Waals surface area contributed by atoms with Gasteiger partial charge in [0.1, 0.15) is 11.2 Å². The van der Waals surface area contributed by atoms with Crippen molar-refractivity contribution < 1.29 is 14.3 Å². The van der Waals surface area contributed by atoms with E-state index in [9.17, 15) is 14.4 Å². The van der Waals surface area contributed by atoms with E-state index in [-0.39, 0.29) is 23.6 Å². The summed E-state index contributed by atoms with van der Waals surface area (Å²) in [6.45, 7) is 0. The summed E-state index contributed by atoms with van der Waals surface area (Å²) in [6.07, 6.45) is 5.87. The van der Waals surface area contributed by atoms with Gasteiger partial charge >= 0.3 is 0 Å². The Labute approximate surface area is 154 Å². The molecule has 0 radical (unpaired) electrons. The molecule has 2 aliphatic rings. The maximum atomic E-state index is 12.2. The molecule has 136 valence electrons. The van der Waals surface area contributed by atoms with Crippen molar-refractivity contribution in [3.63, 3.8) is 0 Å². The van der Waals surface area contributed by atoms with Gasteiger partial charge in [-0.2, -0.15) is 0 Å². The van der Waals surface area contributed by atoms with Crippen LogP contribution in [0.5, 0.6) is 5.75 Å². The molecule has 8 heteroatoms. The number of carbonyl (C=O) groups is 2. The molecule has 7 nitrogen and oxygen atoms in total.